The third kappa shape index (κ3) is 4.61. The molecule has 0 spiro atoms. The highest BCUT2D eigenvalue weighted by atomic mass is 35.5. The zero-order chi connectivity index (χ0) is 28.8. The monoisotopic (exact) mass is 588 g/mol. The molecule has 2 aliphatic rings. The molecule has 0 saturated carbocycles. The minimum absolute atomic E-state index is 0.0984. The van der Waals surface area contributed by atoms with Gasteiger partial charge in [0.1, 0.15) is 23.7 Å². The lowest BCUT2D eigenvalue weighted by Gasteiger charge is -2.26. The standard InChI is InChI=1S/C31H26ClFN4O5/c32-21-14-24-23(34-17-35-24)13-18(21)16-37-25-15-22(33)19-5-9-41-30(19)28(25)27(20-3-1-2-4-26(20)38)29(37)31(39)42-12-8-36-6-10-40-11-7-36/h1-3,5,9,13-15,17H,4,6-8,10-12,16H2,(H,34,35). The Morgan fingerprint density at radius 2 is 2.07 bits per heavy atom. The fourth-order valence-electron chi connectivity index (χ4n) is 5.76. The van der Waals surface area contributed by atoms with Crippen molar-refractivity contribution in [2.75, 3.05) is 39.5 Å². The van der Waals surface area contributed by atoms with E-state index in [0.717, 1.165) is 18.6 Å². The first-order valence-electron chi connectivity index (χ1n) is 13.7. The Balaban J connectivity index is 1.42. The van der Waals surface area contributed by atoms with Gasteiger partial charge in [-0.15, -0.1) is 0 Å². The van der Waals surface area contributed by atoms with Gasteiger partial charge >= 0.3 is 5.97 Å². The van der Waals surface area contributed by atoms with Crippen LogP contribution in [0.3, 0.4) is 0 Å². The molecule has 1 saturated heterocycles. The van der Waals surface area contributed by atoms with E-state index in [1.807, 2.05) is 6.07 Å². The number of fused-ring (bicyclic) bond motifs is 4. The summed E-state index contributed by atoms with van der Waals surface area (Å²) >= 11 is 6.68. The summed E-state index contributed by atoms with van der Waals surface area (Å²) in [6.07, 6.45) is 8.36. The van der Waals surface area contributed by atoms with Gasteiger partial charge < -0.3 is 23.4 Å². The number of carbonyl (C=O) groups excluding carboxylic acids is 2. The molecule has 9 nitrogen and oxygen atoms in total. The van der Waals surface area contributed by atoms with Crippen LogP contribution in [-0.2, 0) is 20.8 Å². The number of esters is 1. The number of aromatic nitrogens is 3. The highest BCUT2D eigenvalue weighted by Gasteiger charge is 2.32. The summed E-state index contributed by atoms with van der Waals surface area (Å²) in [6, 6.07) is 6.48. The number of aromatic amines is 1. The summed E-state index contributed by atoms with van der Waals surface area (Å²) < 4.78 is 34.2. The Labute approximate surface area is 244 Å². The predicted molar refractivity (Wildman–Crippen MR) is 156 cm³/mol. The molecule has 214 valence electrons. The molecule has 42 heavy (non-hydrogen) atoms. The first kappa shape index (κ1) is 26.6. The van der Waals surface area contributed by atoms with Crippen molar-refractivity contribution >= 4 is 61.8 Å². The molecule has 1 N–H and O–H groups in total. The van der Waals surface area contributed by atoms with Crippen molar-refractivity contribution in [3.8, 4) is 0 Å². The van der Waals surface area contributed by atoms with E-state index in [-0.39, 0.29) is 42.0 Å². The van der Waals surface area contributed by atoms with Gasteiger partial charge in [-0.3, -0.25) is 9.69 Å². The summed E-state index contributed by atoms with van der Waals surface area (Å²) in [4.78, 5) is 36.8. The molecule has 0 amide bonds. The number of morpholine rings is 1. The predicted octanol–water partition coefficient (Wildman–Crippen LogP) is 5.51. The van der Waals surface area contributed by atoms with Crippen molar-refractivity contribution in [3.05, 3.63) is 82.7 Å². The van der Waals surface area contributed by atoms with Crippen LogP contribution in [0, 0.1) is 5.82 Å². The van der Waals surface area contributed by atoms with Gasteiger partial charge in [-0.05, 0) is 29.8 Å². The molecular formula is C31H26ClFN4O5. The molecule has 1 aliphatic heterocycles. The third-order valence-electron chi connectivity index (χ3n) is 7.84. The Hall–Kier alpha value is -4.25. The summed E-state index contributed by atoms with van der Waals surface area (Å²) in [7, 11) is 0. The fraction of sp³-hybridized carbons (Fsp3) is 0.258. The van der Waals surface area contributed by atoms with E-state index >= 15 is 4.39 Å². The molecule has 1 fully saturated rings. The van der Waals surface area contributed by atoms with Gasteiger partial charge in [0.15, 0.2) is 5.78 Å². The number of rotatable bonds is 7. The lowest BCUT2D eigenvalue weighted by molar-refractivity contribution is -0.113. The maximum atomic E-state index is 15.4. The molecular weight excluding hydrogens is 563 g/mol. The van der Waals surface area contributed by atoms with E-state index in [0.29, 0.717) is 57.9 Å². The van der Waals surface area contributed by atoms with Crippen LogP contribution in [0.1, 0.15) is 28.0 Å². The average molecular weight is 589 g/mol. The van der Waals surface area contributed by atoms with Crippen LogP contribution in [0.25, 0.3) is 38.5 Å². The molecule has 5 aromatic rings. The molecule has 0 radical (unpaired) electrons. The summed E-state index contributed by atoms with van der Waals surface area (Å²) in [5.41, 5.74) is 3.58. The third-order valence-corrected chi connectivity index (χ3v) is 8.20. The number of ketones is 1. The zero-order valence-electron chi connectivity index (χ0n) is 22.5. The second-order valence-electron chi connectivity index (χ2n) is 10.3. The number of nitrogens with zero attached hydrogens (tertiary/aromatic N) is 3. The first-order chi connectivity index (χ1) is 20.5. The van der Waals surface area contributed by atoms with Gasteiger partial charge in [-0.2, -0.15) is 0 Å². The number of carbonyl (C=O) groups is 2. The molecule has 4 heterocycles. The van der Waals surface area contributed by atoms with Gasteiger partial charge in [0.25, 0.3) is 0 Å². The second-order valence-corrected chi connectivity index (χ2v) is 10.7. The number of hydrogen-bond acceptors (Lipinski definition) is 7. The molecule has 0 unspecified atom stereocenters. The van der Waals surface area contributed by atoms with Gasteiger partial charge in [-0.1, -0.05) is 29.8 Å². The minimum atomic E-state index is -0.628. The number of furan rings is 1. The van der Waals surface area contributed by atoms with E-state index in [4.69, 9.17) is 25.5 Å². The molecule has 0 atom stereocenters. The summed E-state index contributed by atoms with van der Waals surface area (Å²) in [6.45, 7) is 3.53. The number of Topliss-reactive ketones (excluding diaryl/α,β-unsaturated/α-hetero) is 1. The number of halogens is 2. The molecule has 0 bridgehead atoms. The maximum Gasteiger partial charge on any atom is 0.355 e. The van der Waals surface area contributed by atoms with Crippen molar-refractivity contribution in [2.24, 2.45) is 0 Å². The van der Waals surface area contributed by atoms with Gasteiger partial charge in [-0.25, -0.2) is 14.2 Å². The van der Waals surface area contributed by atoms with E-state index in [2.05, 4.69) is 14.9 Å². The number of imidazole rings is 1. The van der Waals surface area contributed by atoms with Gasteiger partial charge in [0.2, 0.25) is 0 Å². The molecule has 2 aromatic carbocycles. The Kier molecular flexibility index (Phi) is 6.89. The number of allylic oxidation sites excluding steroid dienone is 4. The molecule has 3 aromatic heterocycles. The number of ether oxygens (including phenoxy) is 2. The van der Waals surface area contributed by atoms with Crippen LogP contribution >= 0.6 is 11.6 Å². The van der Waals surface area contributed by atoms with Crippen molar-refractivity contribution in [3.63, 3.8) is 0 Å². The van der Waals surface area contributed by atoms with Crippen LogP contribution in [-0.4, -0.2) is 70.6 Å². The number of benzene rings is 2. The van der Waals surface area contributed by atoms with Gasteiger partial charge in [0.05, 0.1) is 53.1 Å². The van der Waals surface area contributed by atoms with E-state index in [9.17, 15) is 9.59 Å². The van der Waals surface area contributed by atoms with Crippen LogP contribution in [0.5, 0.6) is 0 Å². The Bertz CT molecular complexity index is 1930. The van der Waals surface area contributed by atoms with Crippen molar-refractivity contribution in [1.29, 1.82) is 0 Å². The molecule has 1 aliphatic carbocycles. The topological polar surface area (TPSA) is 103 Å². The van der Waals surface area contributed by atoms with E-state index in [1.165, 1.54) is 18.4 Å². The van der Waals surface area contributed by atoms with Gasteiger partial charge in [0, 0.05) is 48.8 Å². The van der Waals surface area contributed by atoms with E-state index in [1.54, 1.807) is 35.2 Å². The summed E-state index contributed by atoms with van der Waals surface area (Å²) in [5, 5.41) is 1.15. The largest absolute Gasteiger partial charge is 0.463 e. The quantitative estimate of drug-likeness (QED) is 0.250. The normalized spacial score (nSPS) is 16.1. The Morgan fingerprint density at radius 1 is 1.21 bits per heavy atom. The van der Waals surface area contributed by atoms with Crippen molar-refractivity contribution in [2.45, 2.75) is 13.0 Å². The lowest BCUT2D eigenvalue weighted by atomic mass is 9.93. The molecule has 7 rings (SSSR count). The van der Waals surface area contributed by atoms with Crippen LogP contribution < -0.4 is 0 Å². The fourth-order valence-corrected chi connectivity index (χ4v) is 5.98. The number of hydrogen-bond donors (Lipinski definition) is 1. The lowest BCUT2D eigenvalue weighted by Crippen LogP contribution is -2.38. The SMILES string of the molecule is O=C1CC=CC=C1c1c(C(=O)OCCN2CCOCC2)n(Cc2cc3[nH]cnc3cc2Cl)c2cc(F)c3ccoc3c12. The highest BCUT2D eigenvalue weighted by Crippen LogP contribution is 2.41. The van der Waals surface area contributed by atoms with Crippen LogP contribution in [0.2, 0.25) is 5.02 Å². The second kappa shape index (κ2) is 10.9. The highest BCUT2D eigenvalue weighted by molar-refractivity contribution is 6.32. The first-order valence-corrected chi connectivity index (χ1v) is 14.1. The minimum Gasteiger partial charge on any atom is -0.463 e. The number of nitrogens with one attached hydrogen (secondary N) is 1. The average Bonchev–Trinajstić information content (AvgIpc) is 3.72. The summed E-state index contributed by atoms with van der Waals surface area (Å²) in [5.74, 6) is -1.31. The zero-order valence-corrected chi connectivity index (χ0v) is 23.2. The Morgan fingerprint density at radius 3 is 2.90 bits per heavy atom. The maximum absolute atomic E-state index is 15.4. The van der Waals surface area contributed by atoms with Crippen LogP contribution in [0.4, 0.5) is 4.39 Å². The van der Waals surface area contributed by atoms with Crippen molar-refractivity contribution < 1.29 is 27.9 Å². The van der Waals surface area contributed by atoms with E-state index < -0.39 is 11.8 Å². The van der Waals surface area contributed by atoms with Crippen molar-refractivity contribution in [1.82, 2.24) is 19.4 Å². The molecule has 11 heteroatoms. The smallest absolute Gasteiger partial charge is 0.355 e. The van der Waals surface area contributed by atoms with Crippen LogP contribution in [0.15, 0.2) is 59.5 Å². The number of H-pyrrole nitrogens is 1.